The molecule has 2 atom stereocenters. The zero-order chi connectivity index (χ0) is 16.0. The monoisotopic (exact) mass is 312 g/mol. The molecule has 0 radical (unpaired) electrons. The Morgan fingerprint density at radius 1 is 1.43 bits per heavy atom. The maximum Gasteiger partial charge on any atom is 0.249 e. The average molecular weight is 312 g/mol. The first-order valence-electron chi connectivity index (χ1n) is 7.49. The Morgan fingerprint density at radius 3 is 3.09 bits per heavy atom. The number of aromatic amines is 1. The van der Waals surface area contributed by atoms with E-state index >= 15 is 0 Å². The van der Waals surface area contributed by atoms with Crippen LogP contribution >= 0.6 is 0 Å². The number of fused-ring (bicyclic) bond motifs is 1. The van der Waals surface area contributed by atoms with Crippen molar-refractivity contribution in [2.24, 2.45) is 0 Å². The molecule has 3 aromatic rings. The second-order valence-electron chi connectivity index (χ2n) is 5.78. The summed E-state index contributed by atoms with van der Waals surface area (Å²) < 4.78 is 5.37. The molecule has 1 aliphatic heterocycles. The summed E-state index contributed by atoms with van der Waals surface area (Å²) in [5.41, 5.74) is 1.85. The van der Waals surface area contributed by atoms with Gasteiger partial charge in [-0.15, -0.1) is 0 Å². The Balaban J connectivity index is 1.70. The van der Waals surface area contributed by atoms with Gasteiger partial charge in [-0.05, 0) is 6.07 Å². The Kier molecular flexibility index (Phi) is 3.16. The van der Waals surface area contributed by atoms with Crippen LogP contribution in [-0.2, 0) is 4.79 Å². The van der Waals surface area contributed by atoms with Crippen LogP contribution in [0, 0.1) is 0 Å². The van der Waals surface area contributed by atoms with Crippen molar-refractivity contribution in [3.8, 4) is 11.4 Å². The molecule has 118 valence electrons. The van der Waals surface area contributed by atoms with Crippen LogP contribution in [0.25, 0.3) is 22.3 Å². The summed E-state index contributed by atoms with van der Waals surface area (Å²) in [6.07, 6.45) is 1.69. The largest absolute Gasteiger partial charge is 0.391 e. The first-order chi connectivity index (χ1) is 11.1. The van der Waals surface area contributed by atoms with Crippen LogP contribution in [0.4, 0.5) is 0 Å². The number of aliphatic hydroxyl groups is 1. The van der Waals surface area contributed by atoms with Gasteiger partial charge in [-0.2, -0.15) is 4.98 Å². The van der Waals surface area contributed by atoms with Gasteiger partial charge < -0.3 is 19.5 Å². The summed E-state index contributed by atoms with van der Waals surface area (Å²) >= 11 is 0. The zero-order valence-corrected chi connectivity index (χ0v) is 12.6. The number of benzene rings is 1. The number of H-pyrrole nitrogens is 1. The Bertz CT molecular complexity index is 869. The van der Waals surface area contributed by atoms with Crippen molar-refractivity contribution in [2.75, 3.05) is 6.54 Å². The molecule has 2 N–H and O–H groups in total. The van der Waals surface area contributed by atoms with Gasteiger partial charge in [0, 0.05) is 42.6 Å². The number of likely N-dealkylation sites (tertiary alicyclic amines) is 1. The highest BCUT2D eigenvalue weighted by atomic mass is 16.5. The fourth-order valence-electron chi connectivity index (χ4n) is 3.13. The maximum absolute atomic E-state index is 11.7. The van der Waals surface area contributed by atoms with Crippen molar-refractivity contribution in [2.45, 2.75) is 25.5 Å². The summed E-state index contributed by atoms with van der Waals surface area (Å²) in [5.74, 6) is 0.720. The van der Waals surface area contributed by atoms with Crippen molar-refractivity contribution in [3.63, 3.8) is 0 Å². The lowest BCUT2D eigenvalue weighted by atomic mass is 10.1. The van der Waals surface area contributed by atoms with E-state index in [1.807, 2.05) is 30.5 Å². The highest BCUT2D eigenvalue weighted by Crippen LogP contribution is 2.33. The maximum atomic E-state index is 11.7. The minimum absolute atomic E-state index is 0.113. The molecule has 0 bridgehead atoms. The number of hydrogen-bond donors (Lipinski definition) is 2. The lowest BCUT2D eigenvalue weighted by Gasteiger charge is -2.19. The van der Waals surface area contributed by atoms with Gasteiger partial charge in [0.15, 0.2) is 0 Å². The van der Waals surface area contributed by atoms with Crippen LogP contribution in [-0.4, -0.2) is 43.7 Å². The van der Waals surface area contributed by atoms with E-state index in [4.69, 9.17) is 4.52 Å². The molecule has 2 aromatic heterocycles. The van der Waals surface area contributed by atoms with Gasteiger partial charge in [0.2, 0.25) is 17.6 Å². The standard InChI is InChI=1S/C16H16N4O3/c1-9(21)20-8-10(22)6-14(20)16-18-15(19-23-16)12-7-17-13-5-3-2-4-11(12)13/h2-5,7,10,14,17,22H,6,8H2,1H3/t10-,14+/m0/s1. The van der Waals surface area contributed by atoms with E-state index in [-0.39, 0.29) is 11.9 Å². The van der Waals surface area contributed by atoms with Crippen LogP contribution in [0.2, 0.25) is 0 Å². The topological polar surface area (TPSA) is 95.2 Å². The molecule has 1 aliphatic rings. The van der Waals surface area contributed by atoms with E-state index in [1.54, 1.807) is 4.90 Å². The van der Waals surface area contributed by atoms with Crippen LogP contribution in [0.15, 0.2) is 35.0 Å². The summed E-state index contributed by atoms with van der Waals surface area (Å²) in [6.45, 7) is 1.77. The number of aliphatic hydroxyl groups excluding tert-OH is 1. The third kappa shape index (κ3) is 2.29. The molecule has 1 saturated heterocycles. The van der Waals surface area contributed by atoms with Crippen molar-refractivity contribution >= 4 is 16.8 Å². The minimum Gasteiger partial charge on any atom is -0.391 e. The first kappa shape index (κ1) is 14.0. The predicted molar refractivity (Wildman–Crippen MR) is 82.3 cm³/mol. The SMILES string of the molecule is CC(=O)N1C[C@@H](O)C[C@@H]1c1nc(-c2c[nH]c3ccccc23)no1. The van der Waals surface area contributed by atoms with Gasteiger partial charge in [0.25, 0.3) is 0 Å². The fourth-order valence-corrected chi connectivity index (χ4v) is 3.13. The van der Waals surface area contributed by atoms with Crippen LogP contribution < -0.4 is 0 Å². The molecule has 7 nitrogen and oxygen atoms in total. The number of amides is 1. The zero-order valence-electron chi connectivity index (χ0n) is 12.6. The third-order valence-corrected chi connectivity index (χ3v) is 4.24. The lowest BCUT2D eigenvalue weighted by Crippen LogP contribution is -2.29. The average Bonchev–Trinajstić information content (AvgIpc) is 3.23. The third-order valence-electron chi connectivity index (χ3n) is 4.24. The van der Waals surface area contributed by atoms with Crippen molar-refractivity contribution in [1.82, 2.24) is 20.0 Å². The number of aromatic nitrogens is 3. The fraction of sp³-hybridized carbons (Fsp3) is 0.312. The van der Waals surface area contributed by atoms with Crippen molar-refractivity contribution < 1.29 is 14.4 Å². The number of para-hydroxylation sites is 1. The second-order valence-corrected chi connectivity index (χ2v) is 5.78. The van der Waals surface area contributed by atoms with E-state index in [9.17, 15) is 9.90 Å². The molecule has 0 unspecified atom stereocenters. The number of rotatable bonds is 2. The Morgan fingerprint density at radius 2 is 2.26 bits per heavy atom. The molecular formula is C16H16N4O3. The minimum atomic E-state index is -0.563. The van der Waals surface area contributed by atoms with Gasteiger partial charge >= 0.3 is 0 Å². The van der Waals surface area contributed by atoms with E-state index in [2.05, 4.69) is 15.1 Å². The van der Waals surface area contributed by atoms with Gasteiger partial charge in [0.05, 0.1) is 6.10 Å². The van der Waals surface area contributed by atoms with E-state index < -0.39 is 6.10 Å². The lowest BCUT2D eigenvalue weighted by molar-refractivity contribution is -0.130. The molecule has 0 saturated carbocycles. The summed E-state index contributed by atoms with van der Waals surface area (Å²) in [6, 6.07) is 7.50. The first-order valence-corrected chi connectivity index (χ1v) is 7.49. The molecule has 0 aliphatic carbocycles. The molecule has 0 spiro atoms. The number of carbonyl (C=O) groups is 1. The Hall–Kier alpha value is -2.67. The molecule has 1 fully saturated rings. The second kappa shape index (κ2) is 5.20. The van der Waals surface area contributed by atoms with Crippen LogP contribution in [0.1, 0.15) is 25.3 Å². The molecule has 4 rings (SSSR count). The number of hydrogen-bond acceptors (Lipinski definition) is 5. The quantitative estimate of drug-likeness (QED) is 0.753. The number of β-amino-alcohol motifs (C(OH)–C–C–N with tert-alkyl or cyclic N) is 1. The van der Waals surface area contributed by atoms with Crippen molar-refractivity contribution in [1.29, 1.82) is 0 Å². The van der Waals surface area contributed by atoms with E-state index in [0.717, 1.165) is 16.5 Å². The molecular weight excluding hydrogens is 296 g/mol. The molecule has 23 heavy (non-hydrogen) atoms. The molecule has 7 heteroatoms. The van der Waals surface area contributed by atoms with Gasteiger partial charge in [-0.25, -0.2) is 0 Å². The van der Waals surface area contributed by atoms with Crippen LogP contribution in [0.3, 0.4) is 0 Å². The van der Waals surface area contributed by atoms with Crippen molar-refractivity contribution in [3.05, 3.63) is 36.4 Å². The highest BCUT2D eigenvalue weighted by molar-refractivity contribution is 5.93. The smallest absolute Gasteiger partial charge is 0.249 e. The summed E-state index contributed by atoms with van der Waals surface area (Å²) in [7, 11) is 0. The number of nitrogens with zero attached hydrogens (tertiary/aromatic N) is 3. The molecule has 1 amide bonds. The summed E-state index contributed by atoms with van der Waals surface area (Å²) in [5, 5.41) is 14.9. The van der Waals surface area contributed by atoms with Gasteiger partial charge in [-0.1, -0.05) is 23.4 Å². The van der Waals surface area contributed by atoms with Crippen LogP contribution in [0.5, 0.6) is 0 Å². The van der Waals surface area contributed by atoms with Gasteiger partial charge in [0.1, 0.15) is 6.04 Å². The van der Waals surface area contributed by atoms with E-state index in [1.165, 1.54) is 6.92 Å². The molecule has 3 heterocycles. The number of nitrogens with one attached hydrogen (secondary N) is 1. The highest BCUT2D eigenvalue weighted by Gasteiger charge is 2.37. The normalized spacial score (nSPS) is 21.2. The Labute approximate surface area is 131 Å². The van der Waals surface area contributed by atoms with Gasteiger partial charge in [-0.3, -0.25) is 4.79 Å². The summed E-state index contributed by atoms with van der Waals surface area (Å²) in [4.78, 5) is 20.9. The number of carbonyl (C=O) groups excluding carboxylic acids is 1. The van der Waals surface area contributed by atoms with E-state index in [0.29, 0.717) is 24.7 Å². The molecule has 1 aromatic carbocycles. The predicted octanol–water partition coefficient (Wildman–Crippen LogP) is 1.87.